The first-order valence-electron chi connectivity index (χ1n) is 12.9. The molecule has 0 spiro atoms. The molecule has 15 heteroatoms. The third-order valence-corrected chi connectivity index (χ3v) is 6.71. The van der Waals surface area contributed by atoms with Crippen molar-refractivity contribution in [3.05, 3.63) is 65.5 Å². The highest BCUT2D eigenvalue weighted by molar-refractivity contribution is 5.86. The molecule has 2 aliphatic carbocycles. The number of aromatic nitrogens is 6. The molecule has 0 saturated heterocycles. The van der Waals surface area contributed by atoms with Gasteiger partial charge in [-0.15, -0.1) is 0 Å². The average molecular weight is 588 g/mol. The SMILES string of the molecule is O=C(O)c1cc(OCc2ccc(-c3nc(C(F)(F)F)cn3C3CC3)cc2)nc(-c2c(OC(F)F)ncnc2C2CC2)n1. The largest absolute Gasteiger partial charge is 0.477 e. The fourth-order valence-electron chi connectivity index (χ4n) is 4.43. The Labute approximate surface area is 234 Å². The second-order valence-corrected chi connectivity index (χ2v) is 9.88. The molecular formula is C27H21F5N6O4. The number of hydrogen-bond donors (Lipinski definition) is 1. The number of halogens is 5. The molecule has 4 aromatic rings. The fourth-order valence-corrected chi connectivity index (χ4v) is 4.43. The topological polar surface area (TPSA) is 125 Å². The molecule has 218 valence electrons. The summed E-state index contributed by atoms with van der Waals surface area (Å²) in [6, 6.07) is 7.57. The number of nitrogens with zero attached hydrogens (tertiary/aromatic N) is 6. The normalized spacial score (nSPS) is 15.2. The standard InChI is InChI=1S/C27H21F5N6O4/c28-26(29)42-24-20(21(14-5-6-14)33-12-34-24)22-35-17(25(39)40)9-19(37-22)41-11-13-1-3-15(4-2-13)23-36-18(27(30,31)32)10-38(23)16-7-8-16/h1-4,9-10,12,14,16,26H,5-8,11H2,(H,39,40). The summed E-state index contributed by atoms with van der Waals surface area (Å²) in [6.07, 6.45) is 0.588. The van der Waals surface area contributed by atoms with Crippen molar-refractivity contribution in [3.63, 3.8) is 0 Å². The number of imidazole rings is 1. The quantitative estimate of drug-likeness (QED) is 0.225. The van der Waals surface area contributed by atoms with Crippen molar-refractivity contribution in [3.8, 4) is 34.5 Å². The van der Waals surface area contributed by atoms with Crippen LogP contribution in [0.15, 0.2) is 42.9 Å². The maximum Gasteiger partial charge on any atom is 0.434 e. The highest BCUT2D eigenvalue weighted by Gasteiger charge is 2.37. The molecule has 42 heavy (non-hydrogen) atoms. The van der Waals surface area contributed by atoms with Crippen molar-refractivity contribution in [1.82, 2.24) is 29.5 Å². The van der Waals surface area contributed by atoms with Gasteiger partial charge in [-0.25, -0.2) is 24.7 Å². The van der Waals surface area contributed by atoms with Gasteiger partial charge in [-0.05, 0) is 31.2 Å². The monoisotopic (exact) mass is 588 g/mol. The maximum atomic E-state index is 13.3. The van der Waals surface area contributed by atoms with Crippen molar-refractivity contribution in [2.75, 3.05) is 0 Å². The number of alkyl halides is 5. The van der Waals surface area contributed by atoms with Crippen LogP contribution in [0, 0.1) is 0 Å². The van der Waals surface area contributed by atoms with E-state index in [1.165, 1.54) is 0 Å². The zero-order valence-electron chi connectivity index (χ0n) is 21.6. The minimum absolute atomic E-state index is 0.0240. The number of benzene rings is 1. The van der Waals surface area contributed by atoms with Crippen LogP contribution >= 0.6 is 0 Å². The Balaban J connectivity index is 1.27. The summed E-state index contributed by atoms with van der Waals surface area (Å²) in [7, 11) is 0. The van der Waals surface area contributed by atoms with E-state index in [0.29, 0.717) is 16.8 Å². The zero-order chi connectivity index (χ0) is 29.6. The molecule has 10 nitrogen and oxygen atoms in total. The molecular weight excluding hydrogens is 567 g/mol. The lowest BCUT2D eigenvalue weighted by Gasteiger charge is -2.14. The molecule has 1 aromatic carbocycles. The lowest BCUT2D eigenvalue weighted by molar-refractivity contribution is -0.140. The third-order valence-electron chi connectivity index (χ3n) is 6.71. The van der Waals surface area contributed by atoms with Crippen LogP contribution in [-0.4, -0.2) is 47.2 Å². The molecule has 3 aromatic heterocycles. The Morgan fingerprint density at radius 2 is 1.79 bits per heavy atom. The minimum atomic E-state index is -4.56. The van der Waals surface area contributed by atoms with E-state index in [1.54, 1.807) is 28.8 Å². The molecule has 0 amide bonds. The van der Waals surface area contributed by atoms with E-state index >= 15 is 0 Å². The van der Waals surface area contributed by atoms with E-state index < -0.39 is 36.0 Å². The molecule has 2 fully saturated rings. The number of aromatic carboxylic acids is 1. The van der Waals surface area contributed by atoms with Gasteiger partial charge in [0.2, 0.25) is 11.8 Å². The van der Waals surface area contributed by atoms with Crippen molar-refractivity contribution in [2.24, 2.45) is 0 Å². The second kappa shape index (κ2) is 10.6. The highest BCUT2D eigenvalue weighted by atomic mass is 19.4. The van der Waals surface area contributed by atoms with E-state index in [2.05, 4.69) is 29.7 Å². The number of carboxylic acids is 1. The Hall–Kier alpha value is -4.69. The molecule has 6 rings (SSSR count). The van der Waals surface area contributed by atoms with Gasteiger partial charge < -0.3 is 19.1 Å². The van der Waals surface area contributed by atoms with Gasteiger partial charge in [0.15, 0.2) is 17.2 Å². The molecule has 0 bridgehead atoms. The fraction of sp³-hybridized carbons (Fsp3) is 0.333. The summed E-state index contributed by atoms with van der Waals surface area (Å²) in [5.41, 5.74) is -0.000613. The Bertz CT molecular complexity index is 1640. The van der Waals surface area contributed by atoms with Crippen molar-refractivity contribution in [2.45, 2.75) is 57.0 Å². The first kappa shape index (κ1) is 27.5. The van der Waals surface area contributed by atoms with E-state index in [0.717, 1.165) is 44.3 Å². The molecule has 3 heterocycles. The number of rotatable bonds is 10. The minimum Gasteiger partial charge on any atom is -0.477 e. The van der Waals surface area contributed by atoms with Crippen molar-refractivity contribution in [1.29, 1.82) is 0 Å². The molecule has 0 atom stereocenters. The summed E-state index contributed by atoms with van der Waals surface area (Å²) >= 11 is 0. The second-order valence-electron chi connectivity index (χ2n) is 9.88. The van der Waals surface area contributed by atoms with Gasteiger partial charge in [0.1, 0.15) is 24.3 Å². The molecule has 1 N–H and O–H groups in total. The van der Waals surface area contributed by atoms with Gasteiger partial charge >= 0.3 is 18.8 Å². The Morgan fingerprint density at radius 1 is 1.05 bits per heavy atom. The van der Waals surface area contributed by atoms with Crippen LogP contribution in [0.5, 0.6) is 11.8 Å². The Kier molecular flexibility index (Phi) is 6.94. The summed E-state index contributed by atoms with van der Waals surface area (Å²) < 4.78 is 77.9. The predicted octanol–water partition coefficient (Wildman–Crippen LogP) is 5.91. The first-order valence-corrected chi connectivity index (χ1v) is 12.9. The van der Waals surface area contributed by atoms with Gasteiger partial charge in [0.25, 0.3) is 0 Å². The molecule has 0 unspecified atom stereocenters. The summed E-state index contributed by atoms with van der Waals surface area (Å²) in [5.74, 6) is -2.14. The van der Waals surface area contributed by atoms with Crippen LogP contribution in [0.3, 0.4) is 0 Å². The van der Waals surface area contributed by atoms with E-state index in [-0.39, 0.29) is 41.7 Å². The van der Waals surface area contributed by atoms with E-state index in [1.807, 2.05) is 0 Å². The van der Waals surface area contributed by atoms with Gasteiger partial charge in [-0.3, -0.25) is 0 Å². The van der Waals surface area contributed by atoms with Crippen LogP contribution < -0.4 is 9.47 Å². The summed E-state index contributed by atoms with van der Waals surface area (Å²) in [5, 5.41) is 9.62. The smallest absolute Gasteiger partial charge is 0.434 e. The van der Waals surface area contributed by atoms with Crippen LogP contribution in [0.1, 0.15) is 65.1 Å². The van der Waals surface area contributed by atoms with Gasteiger partial charge in [-0.2, -0.15) is 26.9 Å². The summed E-state index contributed by atoms with van der Waals surface area (Å²) in [4.78, 5) is 31.8. The van der Waals surface area contributed by atoms with Crippen LogP contribution in [0.4, 0.5) is 22.0 Å². The third kappa shape index (κ3) is 5.85. The average Bonchev–Trinajstić information content (AvgIpc) is 3.89. The lowest BCUT2D eigenvalue weighted by atomic mass is 10.1. The number of ether oxygens (including phenoxy) is 2. The van der Waals surface area contributed by atoms with Crippen molar-refractivity contribution >= 4 is 5.97 Å². The van der Waals surface area contributed by atoms with Crippen LogP contribution in [0.2, 0.25) is 0 Å². The van der Waals surface area contributed by atoms with Gasteiger partial charge in [0, 0.05) is 29.8 Å². The maximum absolute atomic E-state index is 13.3. The molecule has 2 aliphatic rings. The van der Waals surface area contributed by atoms with Crippen LogP contribution in [0.25, 0.3) is 22.8 Å². The molecule has 0 radical (unpaired) electrons. The predicted molar refractivity (Wildman–Crippen MR) is 134 cm³/mol. The zero-order valence-corrected chi connectivity index (χ0v) is 21.6. The Morgan fingerprint density at radius 3 is 2.40 bits per heavy atom. The molecule has 2 saturated carbocycles. The van der Waals surface area contributed by atoms with Gasteiger partial charge in [0.05, 0.1) is 5.69 Å². The number of carbonyl (C=O) groups is 1. The first-order chi connectivity index (χ1) is 20.1. The summed E-state index contributed by atoms with van der Waals surface area (Å²) in [6.45, 7) is -3.30. The molecule has 0 aliphatic heterocycles. The lowest BCUT2D eigenvalue weighted by Crippen LogP contribution is -2.11. The van der Waals surface area contributed by atoms with E-state index in [9.17, 15) is 31.9 Å². The number of carboxylic acid groups (broad SMARTS) is 1. The van der Waals surface area contributed by atoms with Crippen LogP contribution in [-0.2, 0) is 12.8 Å². The number of hydrogen-bond acceptors (Lipinski definition) is 8. The van der Waals surface area contributed by atoms with Gasteiger partial charge in [-0.1, -0.05) is 24.3 Å². The van der Waals surface area contributed by atoms with Crippen molar-refractivity contribution < 1.29 is 41.3 Å². The highest BCUT2D eigenvalue weighted by Crippen LogP contribution is 2.45. The van der Waals surface area contributed by atoms with E-state index in [4.69, 9.17) is 4.74 Å².